The number of benzene rings is 2. The maximum atomic E-state index is 10.0. The van der Waals surface area contributed by atoms with Crippen LogP contribution < -0.4 is 4.74 Å². The quantitative estimate of drug-likeness (QED) is 0.641. The first-order valence-corrected chi connectivity index (χ1v) is 5.97. The van der Waals surface area contributed by atoms with Crippen LogP contribution in [0.15, 0.2) is 42.5 Å². The lowest BCUT2D eigenvalue weighted by Gasteiger charge is -2.24. The molecular weight excluding hydrogens is 260 g/mol. The molecule has 0 aromatic heterocycles. The molecule has 5 nitrogen and oxygen atoms in total. The summed E-state index contributed by atoms with van der Waals surface area (Å²) in [6.07, 6.45) is 0.884. The number of fused-ring (bicyclic) bond motifs is 1. The number of phenols is 3. The minimum Gasteiger partial charge on any atom is -0.508 e. The summed E-state index contributed by atoms with van der Waals surface area (Å²) in [6.45, 7) is 0. The van der Waals surface area contributed by atoms with E-state index in [0.29, 0.717) is 0 Å². The first-order valence-electron chi connectivity index (χ1n) is 5.97. The van der Waals surface area contributed by atoms with E-state index in [2.05, 4.69) is 0 Å². The molecule has 3 rings (SSSR count). The second kappa shape index (κ2) is 4.38. The van der Waals surface area contributed by atoms with Crippen molar-refractivity contribution in [1.29, 1.82) is 0 Å². The van der Waals surface area contributed by atoms with Gasteiger partial charge in [0.2, 0.25) is 0 Å². The second-order valence-electron chi connectivity index (χ2n) is 4.52. The Morgan fingerprint density at radius 3 is 2.25 bits per heavy atom. The van der Waals surface area contributed by atoms with Gasteiger partial charge in [-0.1, -0.05) is 12.1 Å². The lowest BCUT2D eigenvalue weighted by atomic mass is 10.0. The Bertz CT molecular complexity index is 688. The highest BCUT2D eigenvalue weighted by Crippen LogP contribution is 2.43. The van der Waals surface area contributed by atoms with Crippen LogP contribution in [0.5, 0.6) is 23.0 Å². The number of aromatic hydroxyl groups is 3. The van der Waals surface area contributed by atoms with Crippen molar-refractivity contribution in [3.05, 3.63) is 53.6 Å². The normalized spacial score (nSPS) is 17.0. The molecule has 1 atom stereocenters. The standard InChI is InChI=1S/C15H12O5/c16-9-3-1-8(2-4-9)13-7-12(19)15-11(18)5-10(17)6-14(15)20-13/h1-7,13,16-19H/t13-/m0/s1. The van der Waals surface area contributed by atoms with Crippen molar-refractivity contribution in [3.8, 4) is 23.0 Å². The smallest absolute Gasteiger partial charge is 0.146 e. The summed E-state index contributed by atoms with van der Waals surface area (Å²) in [5.74, 6) is -0.200. The Labute approximate surface area is 114 Å². The number of hydrogen-bond donors (Lipinski definition) is 4. The van der Waals surface area contributed by atoms with E-state index in [9.17, 15) is 20.4 Å². The molecule has 0 radical (unpaired) electrons. The molecule has 0 amide bonds. The van der Waals surface area contributed by atoms with Gasteiger partial charge < -0.3 is 25.2 Å². The number of aliphatic hydroxyl groups is 1. The maximum absolute atomic E-state index is 10.0. The predicted octanol–water partition coefficient (Wildman–Crippen LogP) is 2.84. The number of hydrogen-bond acceptors (Lipinski definition) is 5. The van der Waals surface area contributed by atoms with Crippen LogP contribution in [0.1, 0.15) is 17.2 Å². The molecule has 102 valence electrons. The van der Waals surface area contributed by atoms with E-state index in [1.807, 2.05) is 0 Å². The van der Waals surface area contributed by atoms with Crippen LogP contribution in [0.2, 0.25) is 0 Å². The molecule has 20 heavy (non-hydrogen) atoms. The summed E-state index contributed by atoms with van der Waals surface area (Å²) >= 11 is 0. The van der Waals surface area contributed by atoms with E-state index in [4.69, 9.17) is 4.74 Å². The lowest BCUT2D eigenvalue weighted by molar-refractivity contribution is 0.241. The van der Waals surface area contributed by atoms with Crippen molar-refractivity contribution in [1.82, 2.24) is 0 Å². The minimum absolute atomic E-state index is 0.123. The molecule has 0 bridgehead atoms. The zero-order chi connectivity index (χ0) is 14.3. The molecule has 4 N–H and O–H groups in total. The second-order valence-corrected chi connectivity index (χ2v) is 4.52. The fourth-order valence-electron chi connectivity index (χ4n) is 2.16. The number of aliphatic hydroxyl groups excluding tert-OH is 1. The molecule has 0 unspecified atom stereocenters. The van der Waals surface area contributed by atoms with Crippen molar-refractivity contribution in [2.24, 2.45) is 0 Å². The van der Waals surface area contributed by atoms with Crippen LogP contribution >= 0.6 is 0 Å². The van der Waals surface area contributed by atoms with Crippen LogP contribution in [-0.4, -0.2) is 20.4 Å². The third-order valence-corrected chi connectivity index (χ3v) is 3.11. The topological polar surface area (TPSA) is 90.2 Å². The van der Waals surface area contributed by atoms with E-state index < -0.39 is 6.10 Å². The molecular formula is C15H12O5. The van der Waals surface area contributed by atoms with Gasteiger partial charge in [-0.2, -0.15) is 0 Å². The van der Waals surface area contributed by atoms with Crippen LogP contribution in [-0.2, 0) is 0 Å². The van der Waals surface area contributed by atoms with Gasteiger partial charge in [0.15, 0.2) is 0 Å². The van der Waals surface area contributed by atoms with E-state index in [1.165, 1.54) is 24.3 Å². The summed E-state index contributed by atoms with van der Waals surface area (Å²) in [5, 5.41) is 38.5. The third-order valence-electron chi connectivity index (χ3n) is 3.11. The Kier molecular flexibility index (Phi) is 2.68. The molecule has 0 saturated heterocycles. The fourth-order valence-corrected chi connectivity index (χ4v) is 2.16. The van der Waals surface area contributed by atoms with Crippen molar-refractivity contribution in [2.45, 2.75) is 6.10 Å². The van der Waals surface area contributed by atoms with Gasteiger partial charge in [0.25, 0.3) is 0 Å². The van der Waals surface area contributed by atoms with Crippen molar-refractivity contribution >= 4 is 5.76 Å². The van der Waals surface area contributed by atoms with Gasteiger partial charge in [-0.3, -0.25) is 0 Å². The van der Waals surface area contributed by atoms with Crippen LogP contribution in [0.3, 0.4) is 0 Å². The molecule has 1 heterocycles. The third kappa shape index (κ3) is 1.99. The van der Waals surface area contributed by atoms with E-state index in [1.54, 1.807) is 12.1 Å². The zero-order valence-electron chi connectivity index (χ0n) is 10.3. The highest BCUT2D eigenvalue weighted by atomic mass is 16.5. The largest absolute Gasteiger partial charge is 0.508 e. The zero-order valence-corrected chi connectivity index (χ0v) is 10.3. The van der Waals surface area contributed by atoms with Gasteiger partial charge in [0.05, 0.1) is 0 Å². The first-order chi connectivity index (χ1) is 9.54. The maximum Gasteiger partial charge on any atom is 0.146 e. The minimum atomic E-state index is -0.565. The van der Waals surface area contributed by atoms with Crippen LogP contribution in [0, 0.1) is 0 Å². The average Bonchev–Trinajstić information content (AvgIpc) is 2.38. The molecule has 5 heteroatoms. The van der Waals surface area contributed by atoms with Gasteiger partial charge in [-0.05, 0) is 17.7 Å². The summed E-state index contributed by atoms with van der Waals surface area (Å²) in [6, 6.07) is 8.81. The average molecular weight is 272 g/mol. The number of rotatable bonds is 1. The van der Waals surface area contributed by atoms with Crippen LogP contribution in [0.25, 0.3) is 5.76 Å². The fraction of sp³-hybridized carbons (Fsp3) is 0.0667. The summed E-state index contributed by atoms with van der Waals surface area (Å²) in [7, 11) is 0. The molecule has 2 aromatic rings. The Morgan fingerprint density at radius 1 is 0.850 bits per heavy atom. The molecule has 0 aliphatic carbocycles. The van der Waals surface area contributed by atoms with Gasteiger partial charge in [-0.15, -0.1) is 0 Å². The van der Waals surface area contributed by atoms with E-state index >= 15 is 0 Å². The molecule has 1 aliphatic heterocycles. The van der Waals surface area contributed by atoms with Gasteiger partial charge in [0.1, 0.15) is 40.4 Å². The molecule has 2 aromatic carbocycles. The van der Waals surface area contributed by atoms with E-state index in [0.717, 1.165) is 11.6 Å². The van der Waals surface area contributed by atoms with Gasteiger partial charge in [-0.25, -0.2) is 0 Å². The molecule has 1 aliphatic rings. The molecule has 0 saturated carbocycles. The Balaban J connectivity index is 2.04. The number of ether oxygens (including phenoxy) is 1. The van der Waals surface area contributed by atoms with Crippen molar-refractivity contribution in [2.75, 3.05) is 0 Å². The summed E-state index contributed by atoms with van der Waals surface area (Å²) < 4.78 is 5.65. The molecule has 0 spiro atoms. The SMILES string of the molecule is OC1=C[C@@H](c2ccc(O)cc2)Oc2cc(O)cc(O)c21. The Morgan fingerprint density at radius 2 is 1.55 bits per heavy atom. The lowest BCUT2D eigenvalue weighted by Crippen LogP contribution is -2.11. The summed E-state index contributed by atoms with van der Waals surface area (Å²) in [4.78, 5) is 0. The van der Waals surface area contributed by atoms with E-state index in [-0.39, 0.29) is 34.3 Å². The highest BCUT2D eigenvalue weighted by molar-refractivity contribution is 5.73. The molecule has 0 fully saturated rings. The Hall–Kier alpha value is -2.82. The first kappa shape index (κ1) is 12.2. The van der Waals surface area contributed by atoms with Gasteiger partial charge >= 0.3 is 0 Å². The van der Waals surface area contributed by atoms with Crippen molar-refractivity contribution in [3.63, 3.8) is 0 Å². The van der Waals surface area contributed by atoms with Crippen molar-refractivity contribution < 1.29 is 25.2 Å². The van der Waals surface area contributed by atoms with Gasteiger partial charge in [0, 0.05) is 18.2 Å². The number of phenolic OH excluding ortho intramolecular Hbond substituents is 3. The monoisotopic (exact) mass is 272 g/mol. The summed E-state index contributed by atoms with van der Waals surface area (Å²) in [5.41, 5.74) is 0.876. The highest BCUT2D eigenvalue weighted by Gasteiger charge is 2.25. The predicted molar refractivity (Wildman–Crippen MR) is 71.9 cm³/mol. The van der Waals surface area contributed by atoms with Crippen LogP contribution in [0.4, 0.5) is 0 Å².